The monoisotopic (exact) mass is 388 g/mol. The molecule has 1 amide bonds. The molecule has 0 aliphatic rings. The average molecular weight is 389 g/mol. The molecule has 132 valence electrons. The highest BCUT2D eigenvalue weighted by Gasteiger charge is 2.14. The Labute approximate surface area is 159 Å². The van der Waals surface area contributed by atoms with E-state index >= 15 is 0 Å². The summed E-state index contributed by atoms with van der Waals surface area (Å²) in [4.78, 5) is 32.2. The Morgan fingerprint density at radius 2 is 2.00 bits per heavy atom. The average Bonchev–Trinajstić information content (AvgIpc) is 2.66. The first-order valence-corrected chi connectivity index (χ1v) is 8.61. The zero-order valence-corrected chi connectivity index (χ0v) is 15.0. The van der Waals surface area contributed by atoms with E-state index in [2.05, 4.69) is 15.3 Å². The molecule has 2 heterocycles. The SMILES string of the molecule is O=C(CCl)Nc1nc(=O)n(Cc2ccccc2Cl)cc1-c1cccnc1. The molecule has 0 aliphatic heterocycles. The van der Waals surface area contributed by atoms with Gasteiger partial charge in [0.15, 0.2) is 0 Å². The van der Waals surface area contributed by atoms with Gasteiger partial charge in [-0.3, -0.25) is 14.3 Å². The van der Waals surface area contributed by atoms with Crippen molar-refractivity contribution in [3.8, 4) is 11.1 Å². The summed E-state index contributed by atoms with van der Waals surface area (Å²) in [6.07, 6.45) is 4.88. The van der Waals surface area contributed by atoms with E-state index in [4.69, 9.17) is 23.2 Å². The van der Waals surface area contributed by atoms with Gasteiger partial charge in [-0.2, -0.15) is 4.98 Å². The quantitative estimate of drug-likeness (QED) is 0.680. The Kier molecular flexibility index (Phi) is 5.65. The highest BCUT2D eigenvalue weighted by molar-refractivity contribution is 6.31. The first-order chi connectivity index (χ1) is 12.6. The normalized spacial score (nSPS) is 10.5. The number of pyridine rings is 1. The van der Waals surface area contributed by atoms with Crippen LogP contribution < -0.4 is 11.0 Å². The van der Waals surface area contributed by atoms with Gasteiger partial charge < -0.3 is 5.32 Å². The molecule has 0 fully saturated rings. The fourth-order valence-corrected chi connectivity index (χ4v) is 2.67. The molecule has 0 aliphatic carbocycles. The molecule has 0 bridgehead atoms. The lowest BCUT2D eigenvalue weighted by Crippen LogP contribution is -2.26. The van der Waals surface area contributed by atoms with Crippen LogP contribution in [-0.2, 0) is 11.3 Å². The molecule has 26 heavy (non-hydrogen) atoms. The third-order valence-electron chi connectivity index (χ3n) is 3.64. The van der Waals surface area contributed by atoms with Crippen molar-refractivity contribution < 1.29 is 4.79 Å². The summed E-state index contributed by atoms with van der Waals surface area (Å²) in [6.45, 7) is 0.252. The van der Waals surface area contributed by atoms with Gasteiger partial charge in [-0.1, -0.05) is 35.9 Å². The predicted octanol–water partition coefficient (Wildman–Crippen LogP) is 3.18. The molecule has 3 aromatic rings. The molecular weight excluding hydrogens is 375 g/mol. The molecule has 8 heteroatoms. The predicted molar refractivity (Wildman–Crippen MR) is 102 cm³/mol. The molecule has 1 aromatic carbocycles. The number of alkyl halides is 1. The summed E-state index contributed by atoms with van der Waals surface area (Å²) in [5, 5.41) is 3.11. The molecule has 0 saturated carbocycles. The number of amides is 1. The van der Waals surface area contributed by atoms with Crippen LogP contribution in [0.15, 0.2) is 59.8 Å². The maximum atomic E-state index is 12.4. The van der Waals surface area contributed by atoms with Crippen LogP contribution >= 0.6 is 23.2 Å². The molecule has 6 nitrogen and oxygen atoms in total. The van der Waals surface area contributed by atoms with E-state index in [1.54, 1.807) is 30.7 Å². The number of rotatable bonds is 5. The van der Waals surface area contributed by atoms with Crippen LogP contribution in [0.5, 0.6) is 0 Å². The fourth-order valence-electron chi connectivity index (χ4n) is 2.41. The van der Waals surface area contributed by atoms with Crippen molar-refractivity contribution in [2.45, 2.75) is 6.54 Å². The van der Waals surface area contributed by atoms with Gasteiger partial charge in [0.1, 0.15) is 11.7 Å². The minimum atomic E-state index is -0.512. The zero-order chi connectivity index (χ0) is 18.5. The smallest absolute Gasteiger partial charge is 0.309 e. The summed E-state index contributed by atoms with van der Waals surface area (Å²) in [5.74, 6) is -0.548. The molecule has 0 saturated heterocycles. The van der Waals surface area contributed by atoms with Crippen molar-refractivity contribution >= 4 is 34.9 Å². The van der Waals surface area contributed by atoms with E-state index in [9.17, 15) is 9.59 Å². The molecular formula is C18H14Cl2N4O2. The second kappa shape index (κ2) is 8.12. The molecule has 0 spiro atoms. The lowest BCUT2D eigenvalue weighted by atomic mass is 10.1. The third kappa shape index (κ3) is 4.09. The van der Waals surface area contributed by atoms with Crippen LogP contribution in [0, 0.1) is 0 Å². The van der Waals surface area contributed by atoms with Crippen molar-refractivity contribution in [1.29, 1.82) is 0 Å². The standard InChI is InChI=1S/C18H14Cl2N4O2/c19-8-16(25)22-17-14(12-5-3-7-21-9-12)11-24(18(26)23-17)10-13-4-1-2-6-15(13)20/h1-7,9,11H,8,10H2,(H,22,23,25,26). The Morgan fingerprint density at radius 1 is 1.19 bits per heavy atom. The van der Waals surface area contributed by atoms with E-state index in [0.717, 1.165) is 5.56 Å². The van der Waals surface area contributed by atoms with Crippen LogP contribution in [0.25, 0.3) is 11.1 Å². The summed E-state index contributed by atoms with van der Waals surface area (Å²) in [5.41, 5.74) is 1.54. The minimum absolute atomic E-state index is 0.143. The molecule has 0 radical (unpaired) electrons. The Hall–Kier alpha value is -2.70. The van der Waals surface area contributed by atoms with Crippen LogP contribution in [0.2, 0.25) is 5.02 Å². The molecule has 0 unspecified atom stereocenters. The van der Waals surface area contributed by atoms with Crippen LogP contribution in [0.3, 0.4) is 0 Å². The zero-order valence-electron chi connectivity index (χ0n) is 13.5. The largest absolute Gasteiger partial charge is 0.349 e. The van der Waals surface area contributed by atoms with Gasteiger partial charge in [0.2, 0.25) is 5.91 Å². The van der Waals surface area contributed by atoms with Crippen LogP contribution in [0.1, 0.15) is 5.56 Å². The van der Waals surface area contributed by atoms with Crippen molar-refractivity contribution in [3.05, 3.63) is 76.1 Å². The van der Waals surface area contributed by atoms with Crippen molar-refractivity contribution in [1.82, 2.24) is 14.5 Å². The topological polar surface area (TPSA) is 76.9 Å². The van der Waals surface area contributed by atoms with Gasteiger partial charge in [-0.05, 0) is 17.7 Å². The van der Waals surface area contributed by atoms with E-state index < -0.39 is 11.6 Å². The molecule has 3 rings (SSSR count). The lowest BCUT2D eigenvalue weighted by Gasteiger charge is -2.13. The van der Waals surface area contributed by atoms with Gasteiger partial charge in [-0.15, -0.1) is 11.6 Å². The third-order valence-corrected chi connectivity index (χ3v) is 4.25. The minimum Gasteiger partial charge on any atom is -0.309 e. The number of halogens is 2. The summed E-state index contributed by atoms with van der Waals surface area (Å²) in [7, 11) is 0. The van der Waals surface area contributed by atoms with E-state index in [-0.39, 0.29) is 18.2 Å². The number of benzene rings is 1. The number of anilines is 1. The second-order valence-corrected chi connectivity index (χ2v) is 6.10. The Morgan fingerprint density at radius 3 is 2.69 bits per heavy atom. The fraction of sp³-hybridized carbons (Fsp3) is 0.111. The van der Waals surface area contributed by atoms with Gasteiger partial charge in [0, 0.05) is 34.7 Å². The maximum Gasteiger partial charge on any atom is 0.349 e. The number of hydrogen-bond acceptors (Lipinski definition) is 4. The van der Waals surface area contributed by atoms with Gasteiger partial charge >= 0.3 is 5.69 Å². The second-order valence-electron chi connectivity index (χ2n) is 5.43. The van der Waals surface area contributed by atoms with E-state index in [1.807, 2.05) is 24.3 Å². The maximum absolute atomic E-state index is 12.4. The number of nitrogens with one attached hydrogen (secondary N) is 1. The van der Waals surface area contributed by atoms with E-state index in [1.165, 1.54) is 4.57 Å². The van der Waals surface area contributed by atoms with Crippen molar-refractivity contribution in [2.24, 2.45) is 0 Å². The van der Waals surface area contributed by atoms with Crippen LogP contribution in [-0.4, -0.2) is 26.3 Å². The Bertz CT molecular complexity index is 990. The van der Waals surface area contributed by atoms with Crippen molar-refractivity contribution in [2.75, 3.05) is 11.2 Å². The first kappa shape index (κ1) is 18.1. The van der Waals surface area contributed by atoms with Crippen molar-refractivity contribution in [3.63, 3.8) is 0 Å². The highest BCUT2D eigenvalue weighted by Crippen LogP contribution is 2.25. The summed E-state index contributed by atoms with van der Waals surface area (Å²) in [6, 6.07) is 10.8. The van der Waals surface area contributed by atoms with Crippen LogP contribution in [0.4, 0.5) is 5.82 Å². The number of nitrogens with zero attached hydrogens (tertiary/aromatic N) is 3. The number of carbonyl (C=O) groups is 1. The number of aromatic nitrogens is 3. The molecule has 0 atom stereocenters. The molecule has 1 N–H and O–H groups in total. The summed E-state index contributed by atoms with van der Waals surface area (Å²) >= 11 is 11.7. The number of hydrogen-bond donors (Lipinski definition) is 1. The first-order valence-electron chi connectivity index (χ1n) is 7.69. The lowest BCUT2D eigenvalue weighted by molar-refractivity contribution is -0.113. The van der Waals surface area contributed by atoms with E-state index in [0.29, 0.717) is 16.1 Å². The highest BCUT2D eigenvalue weighted by atomic mass is 35.5. The summed E-state index contributed by atoms with van der Waals surface area (Å²) < 4.78 is 1.43. The van der Waals surface area contributed by atoms with Gasteiger partial charge in [0.05, 0.1) is 6.54 Å². The number of carbonyl (C=O) groups excluding carboxylic acids is 1. The Balaban J connectivity index is 2.08. The van der Waals surface area contributed by atoms with Gasteiger partial charge in [-0.25, -0.2) is 4.79 Å². The van der Waals surface area contributed by atoms with Gasteiger partial charge in [0.25, 0.3) is 0 Å². The molecule has 2 aromatic heterocycles.